The monoisotopic (exact) mass is 476 g/mol. The van der Waals surface area contributed by atoms with Gasteiger partial charge in [-0.1, -0.05) is 0 Å². The topological polar surface area (TPSA) is 34.4 Å². The van der Waals surface area contributed by atoms with Crippen molar-refractivity contribution in [2.45, 2.75) is 13.1 Å². The molecule has 3 aromatic carbocycles. The number of benzene rings is 3. The van der Waals surface area contributed by atoms with E-state index in [9.17, 15) is 4.79 Å². The molecule has 160 valence electrons. The number of aromatic nitrogens is 2. The van der Waals surface area contributed by atoms with Crippen LogP contribution < -0.4 is 21.5 Å². The third kappa shape index (κ3) is 3.31. The summed E-state index contributed by atoms with van der Waals surface area (Å²) in [5.41, 5.74) is 0.631. The van der Waals surface area contributed by atoms with E-state index in [0.717, 1.165) is 20.8 Å². The molecule has 0 aliphatic heterocycles. The van der Waals surface area contributed by atoms with Crippen LogP contribution in [0.1, 0.15) is 10.6 Å². The van der Waals surface area contributed by atoms with Crippen molar-refractivity contribution in [2.24, 2.45) is 0 Å². The molecule has 0 aliphatic rings. The van der Waals surface area contributed by atoms with Gasteiger partial charge in [0.1, 0.15) is 0 Å². The zero-order chi connectivity index (χ0) is 22.2. The van der Waals surface area contributed by atoms with Crippen LogP contribution in [0.5, 0.6) is 0 Å². The Bertz CT molecular complexity index is 1350. The zero-order valence-corrected chi connectivity index (χ0v) is 20.0. The molecule has 0 spiro atoms. The Balaban J connectivity index is 1.86. The van der Waals surface area contributed by atoms with E-state index in [1.54, 1.807) is 10.5 Å². The molecule has 6 heteroatoms. The summed E-state index contributed by atoms with van der Waals surface area (Å²) in [4.78, 5) is 19.5. The van der Waals surface area contributed by atoms with Gasteiger partial charge < -0.3 is 0 Å². The van der Waals surface area contributed by atoms with Crippen LogP contribution in [0.3, 0.4) is 0 Å². The molecule has 0 amide bonds. The molecule has 0 fully saturated rings. The number of fused-ring (bicyclic) bond motifs is 1. The van der Waals surface area contributed by atoms with E-state index >= 15 is 0 Å². The van der Waals surface area contributed by atoms with Gasteiger partial charge in [-0.15, -0.1) is 0 Å². The van der Waals surface area contributed by atoms with Crippen molar-refractivity contribution >= 4 is 49.4 Å². The molecule has 2 aromatic heterocycles. The van der Waals surface area contributed by atoms with Crippen LogP contribution in [0.25, 0.3) is 4.96 Å². The van der Waals surface area contributed by atoms with Gasteiger partial charge in [-0.05, 0) is 0 Å². The van der Waals surface area contributed by atoms with Gasteiger partial charge in [0.2, 0.25) is 0 Å². The number of nitrogens with zero attached hydrogens (tertiary/aromatic N) is 2. The van der Waals surface area contributed by atoms with E-state index in [1.165, 1.54) is 11.3 Å². The summed E-state index contributed by atoms with van der Waals surface area (Å²) in [5.74, 6) is -3.52. The van der Waals surface area contributed by atoms with Crippen LogP contribution in [0.4, 0.5) is 0 Å². The fourth-order valence-corrected chi connectivity index (χ4v) is 11.2. The van der Waals surface area contributed by atoms with Gasteiger partial charge in [-0.2, -0.15) is 0 Å². The number of halogens is 1. The minimum absolute atomic E-state index is 0.0785. The van der Waals surface area contributed by atoms with Gasteiger partial charge in [0.05, 0.1) is 0 Å². The SMILES string of the molecule is Cc1cn2c(=O)cc(CP(Cl)(c3ccccc3)(c3ccccc3)c3ccccc3)nc2s1. The maximum absolute atomic E-state index is 12.9. The van der Waals surface area contributed by atoms with Crippen LogP contribution in [0.15, 0.2) is 108 Å². The summed E-state index contributed by atoms with van der Waals surface area (Å²) < 4.78 is 1.61. The Labute approximate surface area is 195 Å². The third-order valence-electron chi connectivity index (χ3n) is 5.88. The number of hydrogen-bond acceptors (Lipinski definition) is 3. The Hall–Kier alpha value is -2.78. The summed E-state index contributed by atoms with van der Waals surface area (Å²) in [7, 11) is 0. The van der Waals surface area contributed by atoms with Crippen LogP contribution in [-0.2, 0) is 6.16 Å². The molecular formula is C26H22ClN2OPS. The molecule has 0 atom stereocenters. The average molecular weight is 477 g/mol. The molecule has 0 saturated carbocycles. The van der Waals surface area contributed by atoms with Crippen LogP contribution in [-0.4, -0.2) is 9.38 Å². The Morgan fingerprint density at radius 3 is 1.78 bits per heavy atom. The Morgan fingerprint density at radius 2 is 1.31 bits per heavy atom. The van der Waals surface area contributed by atoms with E-state index < -0.39 is 5.96 Å². The molecule has 0 unspecified atom stereocenters. The van der Waals surface area contributed by atoms with Crippen molar-refractivity contribution in [3.63, 3.8) is 0 Å². The second-order valence-corrected chi connectivity index (χ2v) is 15.6. The standard InChI is InChI=1S/C26H22ClN2OPS/c1-20-18-29-25(30)17-21(28-26(29)32-20)19-31(27,22-11-5-2-6-12-22,23-13-7-3-8-14-23)24-15-9-4-10-16-24/h2-18H,19H2,1H3. The predicted molar refractivity (Wildman–Crippen MR) is 139 cm³/mol. The molecule has 0 aliphatic carbocycles. The first-order valence-electron chi connectivity index (χ1n) is 10.4. The molecule has 0 bridgehead atoms. The second-order valence-electron chi connectivity index (χ2n) is 7.93. The van der Waals surface area contributed by atoms with Gasteiger partial charge in [0.15, 0.2) is 0 Å². The summed E-state index contributed by atoms with van der Waals surface area (Å²) >= 11 is 9.62. The number of rotatable bonds is 5. The molecule has 32 heavy (non-hydrogen) atoms. The van der Waals surface area contributed by atoms with Gasteiger partial charge in [0, 0.05) is 0 Å². The zero-order valence-electron chi connectivity index (χ0n) is 17.6. The fourth-order valence-electron chi connectivity index (χ4n) is 4.38. The van der Waals surface area contributed by atoms with Crippen molar-refractivity contribution in [2.75, 3.05) is 0 Å². The molecule has 0 N–H and O–H groups in total. The van der Waals surface area contributed by atoms with Crippen LogP contribution in [0.2, 0.25) is 0 Å². The van der Waals surface area contributed by atoms with Crippen LogP contribution in [0, 0.1) is 6.92 Å². The summed E-state index contributed by atoms with van der Waals surface area (Å²) in [5, 5.41) is 3.17. The van der Waals surface area contributed by atoms with E-state index in [-0.39, 0.29) is 5.56 Å². The van der Waals surface area contributed by atoms with E-state index in [4.69, 9.17) is 16.2 Å². The molecule has 3 nitrogen and oxygen atoms in total. The average Bonchev–Trinajstić information content (AvgIpc) is 3.21. The van der Waals surface area contributed by atoms with Gasteiger partial charge in [0.25, 0.3) is 0 Å². The third-order valence-corrected chi connectivity index (χ3v) is 13.9. The quantitative estimate of drug-likeness (QED) is 0.325. The first kappa shape index (κ1) is 21.1. The molecular weight excluding hydrogens is 455 g/mol. The van der Waals surface area contributed by atoms with Crippen molar-refractivity contribution < 1.29 is 0 Å². The number of hydrogen-bond donors (Lipinski definition) is 0. The molecule has 5 rings (SSSR count). The number of aryl methyl sites for hydroxylation is 1. The van der Waals surface area contributed by atoms with Crippen molar-refractivity contribution in [1.82, 2.24) is 9.38 Å². The van der Waals surface area contributed by atoms with E-state index in [0.29, 0.717) is 16.8 Å². The van der Waals surface area contributed by atoms with Gasteiger partial charge in [-0.3, -0.25) is 0 Å². The number of thiazole rings is 1. The van der Waals surface area contributed by atoms with E-state index in [1.807, 2.05) is 67.7 Å². The molecule has 0 saturated heterocycles. The summed E-state index contributed by atoms with van der Waals surface area (Å²) in [6, 6.07) is 32.4. The van der Waals surface area contributed by atoms with Crippen molar-refractivity contribution in [3.8, 4) is 0 Å². The first-order chi connectivity index (χ1) is 15.5. The summed E-state index contributed by atoms with van der Waals surface area (Å²) in [6.45, 7) is 1.98. The molecule has 5 aromatic rings. The second kappa shape index (κ2) is 7.97. The van der Waals surface area contributed by atoms with Gasteiger partial charge in [-0.25, -0.2) is 0 Å². The fraction of sp³-hybridized carbons (Fsp3) is 0.0769. The first-order valence-corrected chi connectivity index (χ1v) is 14.5. The molecule has 0 radical (unpaired) electrons. The molecule has 2 heterocycles. The van der Waals surface area contributed by atoms with Crippen molar-refractivity contribution in [3.05, 3.63) is 124 Å². The predicted octanol–water partition coefficient (Wildman–Crippen LogP) is 5.25. The van der Waals surface area contributed by atoms with E-state index in [2.05, 4.69) is 36.4 Å². The van der Waals surface area contributed by atoms with Gasteiger partial charge >= 0.3 is 196 Å². The minimum atomic E-state index is -3.52. The normalized spacial score (nSPS) is 13.0. The maximum atomic E-state index is 12.9. The Morgan fingerprint density at radius 1 is 0.844 bits per heavy atom. The van der Waals surface area contributed by atoms with Crippen molar-refractivity contribution in [1.29, 1.82) is 0 Å². The Kier molecular flexibility index (Phi) is 5.25. The summed E-state index contributed by atoms with van der Waals surface area (Å²) in [6.07, 6.45) is 2.29. The van der Waals surface area contributed by atoms with Crippen LogP contribution >= 0.6 is 28.5 Å².